The minimum Gasteiger partial charge on any atom is -0.244 e. The molecule has 2 spiro atoms. The first-order valence-corrected chi connectivity index (χ1v) is 13.1. The lowest BCUT2D eigenvalue weighted by Gasteiger charge is -2.45. The highest BCUT2D eigenvalue weighted by molar-refractivity contribution is 14.1. The molecule has 0 N–H and O–H groups in total. The van der Waals surface area contributed by atoms with Gasteiger partial charge in [0.2, 0.25) is 0 Å². The lowest BCUT2D eigenvalue weighted by atomic mass is 9.74. The molecule has 0 radical (unpaired) electrons. The summed E-state index contributed by atoms with van der Waals surface area (Å²) in [5, 5.41) is 0. The van der Waals surface area contributed by atoms with E-state index >= 15 is 0 Å². The second-order valence-corrected chi connectivity index (χ2v) is 13.2. The van der Waals surface area contributed by atoms with Crippen molar-refractivity contribution in [3.05, 3.63) is 0 Å². The monoisotopic (exact) mass is 584 g/mol. The molecule has 5 atom stereocenters. The first-order valence-electron chi connectivity index (χ1n) is 11.2. The van der Waals surface area contributed by atoms with E-state index in [0.29, 0.717) is 10.8 Å². The molecule has 0 aromatic carbocycles. The zero-order valence-corrected chi connectivity index (χ0v) is 21.3. The molecule has 2 heterocycles. The van der Waals surface area contributed by atoms with Crippen molar-refractivity contribution in [1.82, 2.24) is 6.23 Å². The number of rotatable bonds is 4. The molecule has 2 nitrogen and oxygen atoms in total. The fourth-order valence-corrected chi connectivity index (χ4v) is 9.96. The van der Waals surface area contributed by atoms with Gasteiger partial charge in [-0.25, -0.2) is 6.23 Å². The Kier molecular flexibility index (Phi) is 6.27. The van der Waals surface area contributed by atoms with E-state index < -0.39 is 0 Å². The van der Waals surface area contributed by atoms with E-state index in [1.807, 2.05) is 0 Å². The summed E-state index contributed by atoms with van der Waals surface area (Å²) in [4.78, 5) is 0. The lowest BCUT2D eigenvalue weighted by molar-refractivity contribution is 0.0952. The van der Waals surface area contributed by atoms with Crippen LogP contribution >= 0.6 is 45.7 Å². The fraction of sp³-hybridized carbons (Fsp3) is 1.00. The van der Waals surface area contributed by atoms with Crippen LogP contribution < -0.4 is 0 Å². The van der Waals surface area contributed by atoms with Crippen LogP contribution in [0.5, 0.6) is 0 Å². The van der Waals surface area contributed by atoms with Crippen molar-refractivity contribution in [3.63, 3.8) is 0 Å². The van der Waals surface area contributed by atoms with Gasteiger partial charge in [-0.1, -0.05) is 33.6 Å². The molecule has 4 heteroatoms. The van der Waals surface area contributed by atoms with Crippen molar-refractivity contribution in [2.75, 3.05) is 13.1 Å². The predicted octanol–water partition coefficient (Wildman–Crippen LogP) is 6.86. The maximum absolute atomic E-state index is 2.74. The molecule has 26 heavy (non-hydrogen) atoms. The van der Waals surface area contributed by atoms with E-state index in [2.05, 4.69) is 72.7 Å². The van der Waals surface area contributed by atoms with Gasteiger partial charge in [-0.2, -0.15) is 0 Å². The molecule has 0 aromatic heterocycles. The van der Waals surface area contributed by atoms with Crippen LogP contribution in [0.4, 0.5) is 0 Å². The van der Waals surface area contributed by atoms with E-state index in [-0.39, 0.29) is 0 Å². The first kappa shape index (κ1) is 20.6. The summed E-state index contributed by atoms with van der Waals surface area (Å²) in [5.41, 5.74) is 1.40. The molecule has 5 unspecified atom stereocenters. The van der Waals surface area contributed by atoms with E-state index in [0.717, 1.165) is 29.8 Å². The molecule has 4 rings (SSSR count). The van der Waals surface area contributed by atoms with Crippen LogP contribution in [-0.4, -0.2) is 31.4 Å². The second-order valence-electron chi connectivity index (χ2n) is 10.8. The van der Waals surface area contributed by atoms with E-state index in [9.17, 15) is 0 Å². The number of hydrogen-bond acceptors (Lipinski definition) is 2. The summed E-state index contributed by atoms with van der Waals surface area (Å²) in [7, 11) is 0. The first-order chi connectivity index (χ1) is 12.3. The highest BCUT2D eigenvalue weighted by atomic mass is 127. The van der Waals surface area contributed by atoms with E-state index in [1.54, 1.807) is 0 Å². The average Bonchev–Trinajstić information content (AvgIpc) is 3.00. The molecule has 4 fully saturated rings. The second kappa shape index (κ2) is 7.90. The van der Waals surface area contributed by atoms with Gasteiger partial charge in [0, 0.05) is 70.9 Å². The molecule has 0 amide bonds. The van der Waals surface area contributed by atoms with Crippen molar-refractivity contribution in [2.45, 2.75) is 97.1 Å². The van der Waals surface area contributed by atoms with Gasteiger partial charge in [-0.3, -0.25) is 0 Å². The molecule has 0 aromatic rings. The topological polar surface area (TPSA) is 6.48 Å². The smallest absolute Gasteiger partial charge is 0.0220 e. The Morgan fingerprint density at radius 2 is 1.54 bits per heavy atom. The van der Waals surface area contributed by atoms with E-state index in [1.165, 1.54) is 77.3 Å². The third kappa shape index (κ3) is 4.00. The largest absolute Gasteiger partial charge is 0.244 e. The highest BCUT2D eigenvalue weighted by Crippen LogP contribution is 2.62. The van der Waals surface area contributed by atoms with Crippen LogP contribution in [0, 0.1) is 28.6 Å². The Bertz CT molecular complexity index is 504. The standard InChI is InChI=1S/C22H38I2N2/c1-16(2)19-7-11-22(15-26(19)24)13-18(22)12-17(3)20-6-10-21(14-25(20)23)8-4-5-9-21/h16-20H,4-15H2,1-3H3. The number of halogens is 2. The number of hydrogen-bond donors (Lipinski definition) is 0. The van der Waals surface area contributed by atoms with E-state index in [4.69, 9.17) is 0 Å². The predicted molar refractivity (Wildman–Crippen MR) is 128 cm³/mol. The zero-order valence-electron chi connectivity index (χ0n) is 17.0. The van der Waals surface area contributed by atoms with Gasteiger partial charge in [0.15, 0.2) is 0 Å². The molecular formula is C22H38I2N2. The molecule has 4 aliphatic rings. The number of piperidine rings is 2. The van der Waals surface area contributed by atoms with Gasteiger partial charge in [-0.15, -0.1) is 0 Å². The van der Waals surface area contributed by atoms with Crippen LogP contribution in [0.2, 0.25) is 0 Å². The summed E-state index contributed by atoms with van der Waals surface area (Å²) >= 11 is 5.32. The third-order valence-corrected chi connectivity index (χ3v) is 10.8. The maximum atomic E-state index is 2.74. The molecule has 2 saturated carbocycles. The van der Waals surface area contributed by atoms with Gasteiger partial charge in [-0.05, 0) is 80.0 Å². The summed E-state index contributed by atoms with van der Waals surface area (Å²) in [6.45, 7) is 10.1. The van der Waals surface area contributed by atoms with Crippen molar-refractivity contribution in [2.24, 2.45) is 28.6 Å². The van der Waals surface area contributed by atoms with Gasteiger partial charge in [0.25, 0.3) is 0 Å². The molecule has 2 aliphatic carbocycles. The van der Waals surface area contributed by atoms with Crippen LogP contribution in [0.15, 0.2) is 0 Å². The SMILES string of the molecule is CC(C)C1CCC2(CC2CC(C)C2CCC3(CCCC3)CN2I)CN1I. The minimum atomic E-state index is 0.693. The van der Waals surface area contributed by atoms with Gasteiger partial charge < -0.3 is 0 Å². The van der Waals surface area contributed by atoms with Gasteiger partial charge >= 0.3 is 0 Å². The highest BCUT2D eigenvalue weighted by Gasteiger charge is 2.57. The molecule has 0 bridgehead atoms. The number of nitrogens with zero attached hydrogens (tertiary/aromatic N) is 2. The van der Waals surface area contributed by atoms with Crippen LogP contribution in [0.1, 0.15) is 85.0 Å². The Labute approximate surface area is 189 Å². The summed E-state index contributed by atoms with van der Waals surface area (Å²) in [6, 6.07) is 1.65. The lowest BCUT2D eigenvalue weighted by Crippen LogP contribution is -2.46. The minimum absolute atomic E-state index is 0.693. The van der Waals surface area contributed by atoms with Crippen molar-refractivity contribution < 1.29 is 0 Å². The van der Waals surface area contributed by atoms with Gasteiger partial charge in [0.1, 0.15) is 0 Å². The normalized spacial score (nSPS) is 42.0. The van der Waals surface area contributed by atoms with Crippen molar-refractivity contribution in [1.29, 1.82) is 0 Å². The molecule has 2 saturated heterocycles. The summed E-state index contributed by atoms with van der Waals surface area (Å²) in [6.07, 6.45) is 14.9. The summed E-state index contributed by atoms with van der Waals surface area (Å²) in [5.74, 6) is 2.69. The average molecular weight is 584 g/mol. The quantitative estimate of drug-likeness (QED) is 0.263. The third-order valence-electron chi connectivity index (χ3n) is 8.69. The van der Waals surface area contributed by atoms with Crippen molar-refractivity contribution >= 4 is 45.7 Å². The Balaban J connectivity index is 1.29. The van der Waals surface area contributed by atoms with Crippen LogP contribution in [0.25, 0.3) is 0 Å². The molecule has 2 aliphatic heterocycles. The van der Waals surface area contributed by atoms with Gasteiger partial charge in [0.05, 0.1) is 0 Å². The van der Waals surface area contributed by atoms with Crippen molar-refractivity contribution in [3.8, 4) is 0 Å². The Hall–Kier alpha value is 1.38. The Morgan fingerprint density at radius 1 is 0.885 bits per heavy atom. The molecular weight excluding hydrogens is 546 g/mol. The summed E-state index contributed by atoms with van der Waals surface area (Å²) < 4.78 is 5.41. The fourth-order valence-electron chi connectivity index (χ4n) is 6.80. The molecule has 150 valence electrons. The zero-order chi connectivity index (χ0) is 18.5. The van der Waals surface area contributed by atoms with Crippen LogP contribution in [0.3, 0.4) is 0 Å². The maximum Gasteiger partial charge on any atom is 0.0220 e. The Morgan fingerprint density at radius 3 is 2.15 bits per heavy atom. The van der Waals surface area contributed by atoms with Crippen LogP contribution in [-0.2, 0) is 0 Å².